The van der Waals surface area contributed by atoms with E-state index in [2.05, 4.69) is 16.0 Å². The Morgan fingerprint density at radius 3 is 2.28 bits per heavy atom. The molecule has 1 heterocycles. The molecule has 1 aromatic carbocycles. The van der Waals surface area contributed by atoms with Gasteiger partial charge in [-0.25, -0.2) is 0 Å². The van der Waals surface area contributed by atoms with Gasteiger partial charge in [0.15, 0.2) is 5.76 Å². The van der Waals surface area contributed by atoms with Crippen molar-refractivity contribution >= 4 is 29.3 Å². The minimum Gasteiger partial charge on any atom is -0.459 e. The van der Waals surface area contributed by atoms with E-state index in [-0.39, 0.29) is 24.8 Å². The van der Waals surface area contributed by atoms with Crippen LogP contribution in [0, 0.1) is 0 Å². The van der Waals surface area contributed by atoms with Crippen LogP contribution in [0.15, 0.2) is 47.1 Å². The van der Waals surface area contributed by atoms with E-state index >= 15 is 0 Å². The van der Waals surface area contributed by atoms with E-state index in [0.717, 1.165) is 5.56 Å². The van der Waals surface area contributed by atoms with E-state index in [1.54, 1.807) is 18.2 Å². The lowest BCUT2D eigenvalue weighted by molar-refractivity contribution is -0.125. The monoisotopic (exact) mass is 363 g/mol. The van der Waals surface area contributed by atoms with Crippen LogP contribution in [-0.4, -0.2) is 37.4 Å². The van der Waals surface area contributed by atoms with Gasteiger partial charge in [-0.3, -0.25) is 14.4 Å². The molecule has 0 bridgehead atoms. The summed E-state index contributed by atoms with van der Waals surface area (Å²) in [5.74, 6) is -1.15. The number of rotatable bonds is 8. The van der Waals surface area contributed by atoms with Crippen molar-refractivity contribution < 1.29 is 18.8 Å². The predicted octanol–water partition coefficient (Wildman–Crippen LogP) is 1.14. The van der Waals surface area contributed by atoms with Gasteiger partial charge in [0, 0.05) is 11.6 Å². The molecular formula is C17H18ClN3O4. The summed E-state index contributed by atoms with van der Waals surface area (Å²) in [6, 6.07) is 10.4. The summed E-state index contributed by atoms with van der Waals surface area (Å²) in [6.07, 6.45) is 2.03. The SMILES string of the molecule is O=C(CNC(=O)CNC(=O)c1ccco1)NCCc1ccc(Cl)cc1. The van der Waals surface area contributed by atoms with Crippen LogP contribution in [0.3, 0.4) is 0 Å². The van der Waals surface area contributed by atoms with Gasteiger partial charge >= 0.3 is 0 Å². The molecule has 0 saturated carbocycles. The molecule has 25 heavy (non-hydrogen) atoms. The molecule has 2 aromatic rings. The first kappa shape index (κ1) is 18.5. The molecule has 0 unspecified atom stereocenters. The molecule has 0 aliphatic carbocycles. The van der Waals surface area contributed by atoms with Crippen LogP contribution in [0.25, 0.3) is 0 Å². The summed E-state index contributed by atoms with van der Waals surface area (Å²) in [6.45, 7) is 0.0548. The quantitative estimate of drug-likeness (QED) is 0.654. The van der Waals surface area contributed by atoms with Gasteiger partial charge in [-0.05, 0) is 36.2 Å². The molecule has 0 radical (unpaired) electrons. The molecule has 0 aliphatic heterocycles. The predicted molar refractivity (Wildman–Crippen MR) is 92.2 cm³/mol. The second-order valence-corrected chi connectivity index (χ2v) is 5.60. The normalized spacial score (nSPS) is 10.1. The molecule has 0 fully saturated rings. The standard InChI is InChI=1S/C17H18ClN3O4/c18-13-5-3-12(4-6-13)7-8-19-15(22)10-20-16(23)11-21-17(24)14-2-1-9-25-14/h1-6,9H,7-8,10-11H2,(H,19,22)(H,20,23)(H,21,24). The Bertz CT molecular complexity index is 714. The Hall–Kier alpha value is -2.80. The smallest absolute Gasteiger partial charge is 0.287 e. The number of furan rings is 1. The number of hydrogen-bond acceptors (Lipinski definition) is 4. The Kier molecular flexibility index (Phi) is 7.03. The van der Waals surface area contributed by atoms with Gasteiger partial charge in [-0.15, -0.1) is 0 Å². The molecule has 2 rings (SSSR count). The first-order valence-corrected chi connectivity index (χ1v) is 8.02. The number of nitrogens with one attached hydrogen (secondary N) is 3. The molecule has 7 nitrogen and oxygen atoms in total. The van der Waals surface area contributed by atoms with Gasteiger partial charge in [0.05, 0.1) is 19.4 Å². The van der Waals surface area contributed by atoms with Crippen LogP contribution in [-0.2, 0) is 16.0 Å². The van der Waals surface area contributed by atoms with Crippen molar-refractivity contribution in [2.24, 2.45) is 0 Å². The third kappa shape index (κ3) is 6.68. The lowest BCUT2D eigenvalue weighted by atomic mass is 10.1. The van der Waals surface area contributed by atoms with Gasteiger partial charge in [0.25, 0.3) is 5.91 Å². The van der Waals surface area contributed by atoms with Crippen molar-refractivity contribution in [2.45, 2.75) is 6.42 Å². The molecule has 3 amide bonds. The highest BCUT2D eigenvalue weighted by atomic mass is 35.5. The van der Waals surface area contributed by atoms with Crippen LogP contribution in [0.1, 0.15) is 16.1 Å². The zero-order chi connectivity index (χ0) is 18.1. The number of benzene rings is 1. The van der Waals surface area contributed by atoms with Crippen molar-refractivity contribution in [1.82, 2.24) is 16.0 Å². The Balaban J connectivity index is 1.58. The Morgan fingerprint density at radius 1 is 0.920 bits per heavy atom. The van der Waals surface area contributed by atoms with Gasteiger partial charge in [0.1, 0.15) is 0 Å². The fraction of sp³-hybridized carbons (Fsp3) is 0.235. The first-order chi connectivity index (χ1) is 12.0. The molecule has 0 spiro atoms. The topological polar surface area (TPSA) is 100 Å². The molecule has 0 saturated heterocycles. The zero-order valence-corrected chi connectivity index (χ0v) is 14.1. The summed E-state index contributed by atoms with van der Waals surface area (Å²) in [5.41, 5.74) is 1.05. The summed E-state index contributed by atoms with van der Waals surface area (Å²) in [7, 11) is 0. The van der Waals surface area contributed by atoms with Crippen LogP contribution < -0.4 is 16.0 Å². The van der Waals surface area contributed by atoms with Gasteiger partial charge in [-0.2, -0.15) is 0 Å². The van der Waals surface area contributed by atoms with E-state index in [4.69, 9.17) is 16.0 Å². The van der Waals surface area contributed by atoms with E-state index in [1.165, 1.54) is 12.3 Å². The van der Waals surface area contributed by atoms with Crippen LogP contribution >= 0.6 is 11.6 Å². The maximum atomic E-state index is 11.7. The second kappa shape index (κ2) is 9.48. The molecule has 1 aromatic heterocycles. The summed E-state index contributed by atoms with van der Waals surface area (Å²) >= 11 is 5.80. The molecule has 3 N–H and O–H groups in total. The molecule has 0 atom stereocenters. The van der Waals surface area contributed by atoms with Crippen LogP contribution in [0.5, 0.6) is 0 Å². The van der Waals surface area contributed by atoms with Crippen molar-refractivity contribution in [1.29, 1.82) is 0 Å². The average molecular weight is 364 g/mol. The Morgan fingerprint density at radius 2 is 1.60 bits per heavy atom. The van der Waals surface area contributed by atoms with E-state index in [1.807, 2.05) is 12.1 Å². The van der Waals surface area contributed by atoms with Gasteiger partial charge < -0.3 is 20.4 Å². The fourth-order valence-electron chi connectivity index (χ4n) is 1.96. The molecule has 8 heteroatoms. The molecular weight excluding hydrogens is 346 g/mol. The number of carbonyl (C=O) groups is 3. The highest BCUT2D eigenvalue weighted by Crippen LogP contribution is 2.09. The highest BCUT2D eigenvalue weighted by molar-refractivity contribution is 6.30. The lowest BCUT2D eigenvalue weighted by Crippen LogP contribution is -2.42. The van der Waals surface area contributed by atoms with E-state index in [0.29, 0.717) is 18.0 Å². The van der Waals surface area contributed by atoms with Gasteiger partial charge in [-0.1, -0.05) is 23.7 Å². The lowest BCUT2D eigenvalue weighted by Gasteiger charge is -2.07. The summed E-state index contributed by atoms with van der Waals surface area (Å²) < 4.78 is 4.90. The maximum Gasteiger partial charge on any atom is 0.287 e. The van der Waals surface area contributed by atoms with E-state index in [9.17, 15) is 14.4 Å². The second-order valence-electron chi connectivity index (χ2n) is 5.16. The van der Waals surface area contributed by atoms with Crippen LogP contribution in [0.4, 0.5) is 0 Å². The van der Waals surface area contributed by atoms with E-state index < -0.39 is 11.8 Å². The summed E-state index contributed by atoms with van der Waals surface area (Å²) in [4.78, 5) is 34.8. The minimum absolute atomic E-state index is 0.118. The highest BCUT2D eigenvalue weighted by Gasteiger charge is 2.10. The number of hydrogen-bond donors (Lipinski definition) is 3. The third-order valence-electron chi connectivity index (χ3n) is 3.25. The van der Waals surface area contributed by atoms with Crippen molar-refractivity contribution in [3.05, 3.63) is 59.0 Å². The fourth-order valence-corrected chi connectivity index (χ4v) is 2.08. The Labute approximate surface area is 149 Å². The molecule has 0 aliphatic rings. The first-order valence-electron chi connectivity index (χ1n) is 7.64. The number of amides is 3. The maximum absolute atomic E-state index is 11.7. The van der Waals surface area contributed by atoms with Gasteiger partial charge in [0.2, 0.25) is 11.8 Å². The van der Waals surface area contributed by atoms with Crippen LogP contribution in [0.2, 0.25) is 5.02 Å². The largest absolute Gasteiger partial charge is 0.459 e. The van der Waals surface area contributed by atoms with Crippen molar-refractivity contribution in [3.63, 3.8) is 0 Å². The van der Waals surface area contributed by atoms with Crippen molar-refractivity contribution in [3.8, 4) is 0 Å². The zero-order valence-electron chi connectivity index (χ0n) is 13.4. The molecule has 132 valence electrons. The third-order valence-corrected chi connectivity index (χ3v) is 3.50. The number of halogens is 1. The van der Waals surface area contributed by atoms with Crippen molar-refractivity contribution in [2.75, 3.05) is 19.6 Å². The number of carbonyl (C=O) groups excluding carboxylic acids is 3. The summed E-state index contributed by atoms with van der Waals surface area (Å²) in [5, 5.41) is 8.18. The minimum atomic E-state index is -0.493. The average Bonchev–Trinajstić information content (AvgIpc) is 3.14.